The van der Waals surface area contributed by atoms with Crippen molar-refractivity contribution in [3.63, 3.8) is 0 Å². The number of hydrogen-bond donors (Lipinski definition) is 0. The molecule has 0 amide bonds. The van der Waals surface area contributed by atoms with Crippen molar-refractivity contribution >= 4 is 19.2 Å². The molecule has 0 saturated heterocycles. The molecule has 0 aliphatic carbocycles. The van der Waals surface area contributed by atoms with E-state index in [1.165, 1.54) is 16.7 Å². The van der Waals surface area contributed by atoms with Gasteiger partial charge in [-0.25, -0.2) is 4.98 Å². The summed E-state index contributed by atoms with van der Waals surface area (Å²) in [4.78, 5) is 4.88. The molecule has 29 heavy (non-hydrogen) atoms. The van der Waals surface area contributed by atoms with E-state index in [-0.39, 0.29) is 10.5 Å². The SMILES string of the molecule is Cc1ccc2c(-c3ccc(C(C)(C)C)cc3)ccc(O[Si](C)(C)C(C)(C)C)c2n1. The van der Waals surface area contributed by atoms with Crippen LogP contribution in [-0.2, 0) is 5.41 Å². The number of hydrogen-bond acceptors (Lipinski definition) is 2. The lowest BCUT2D eigenvalue weighted by atomic mass is 9.86. The van der Waals surface area contributed by atoms with Gasteiger partial charge in [-0.3, -0.25) is 0 Å². The fourth-order valence-corrected chi connectivity index (χ4v) is 4.22. The van der Waals surface area contributed by atoms with Crippen molar-refractivity contribution in [2.45, 2.75) is 72.0 Å². The third kappa shape index (κ3) is 4.40. The topological polar surface area (TPSA) is 22.1 Å². The van der Waals surface area contributed by atoms with Crippen LogP contribution in [0.25, 0.3) is 22.0 Å². The molecule has 0 aliphatic rings. The maximum absolute atomic E-state index is 6.67. The van der Waals surface area contributed by atoms with Gasteiger partial charge in [-0.1, -0.05) is 71.9 Å². The van der Waals surface area contributed by atoms with Gasteiger partial charge in [-0.15, -0.1) is 0 Å². The molecule has 0 saturated carbocycles. The molecule has 0 unspecified atom stereocenters. The van der Waals surface area contributed by atoms with Crippen LogP contribution in [0.3, 0.4) is 0 Å². The molecule has 0 atom stereocenters. The molecule has 1 aromatic heterocycles. The Hall–Kier alpha value is -2.13. The Morgan fingerprint density at radius 2 is 1.41 bits per heavy atom. The molecule has 2 aromatic carbocycles. The molecule has 2 nitrogen and oxygen atoms in total. The highest BCUT2D eigenvalue weighted by Crippen LogP contribution is 2.41. The van der Waals surface area contributed by atoms with Gasteiger partial charge in [0.15, 0.2) is 0 Å². The second kappa shape index (κ2) is 7.28. The minimum absolute atomic E-state index is 0.143. The van der Waals surface area contributed by atoms with Gasteiger partial charge in [0.05, 0.1) is 0 Å². The second-order valence-electron chi connectivity index (χ2n) is 10.6. The Bertz CT molecular complexity index is 1020. The zero-order valence-corrected chi connectivity index (χ0v) is 20.5. The van der Waals surface area contributed by atoms with Gasteiger partial charge in [0.1, 0.15) is 11.3 Å². The van der Waals surface area contributed by atoms with Gasteiger partial charge in [0.25, 0.3) is 8.32 Å². The summed E-state index contributed by atoms with van der Waals surface area (Å²) >= 11 is 0. The summed E-state index contributed by atoms with van der Waals surface area (Å²) < 4.78 is 6.67. The van der Waals surface area contributed by atoms with Crippen molar-refractivity contribution < 1.29 is 4.43 Å². The lowest BCUT2D eigenvalue weighted by molar-refractivity contribution is 0.495. The highest BCUT2D eigenvalue weighted by molar-refractivity contribution is 6.74. The normalized spacial score (nSPS) is 13.0. The van der Waals surface area contributed by atoms with Crippen LogP contribution < -0.4 is 4.43 Å². The first-order valence-corrected chi connectivity index (χ1v) is 13.4. The first-order valence-electron chi connectivity index (χ1n) is 10.5. The smallest absolute Gasteiger partial charge is 0.250 e. The third-order valence-corrected chi connectivity index (χ3v) is 10.5. The maximum Gasteiger partial charge on any atom is 0.250 e. The standard InChI is InChI=1S/C26H35NOSi/c1-18-10-15-22-21(19-11-13-20(14-12-19)25(2,3)4)16-17-23(24(22)27-18)28-29(8,9)26(5,6)7/h10-17H,1-9H3. The average Bonchev–Trinajstić information content (AvgIpc) is 2.60. The van der Waals surface area contributed by atoms with E-state index < -0.39 is 8.32 Å². The second-order valence-corrected chi connectivity index (χ2v) is 15.4. The van der Waals surface area contributed by atoms with E-state index in [1.54, 1.807) is 0 Å². The lowest BCUT2D eigenvalue weighted by Crippen LogP contribution is -2.43. The highest BCUT2D eigenvalue weighted by atomic mass is 28.4. The number of fused-ring (bicyclic) bond motifs is 1. The summed E-state index contributed by atoms with van der Waals surface area (Å²) in [5, 5.41) is 1.29. The summed E-state index contributed by atoms with van der Waals surface area (Å²) in [7, 11) is -1.95. The molecule has 3 rings (SSSR count). The van der Waals surface area contributed by atoms with E-state index in [9.17, 15) is 0 Å². The van der Waals surface area contributed by atoms with E-state index in [0.717, 1.165) is 22.3 Å². The average molecular weight is 406 g/mol. The first kappa shape index (κ1) is 21.6. The number of pyridine rings is 1. The Labute approximate surface area is 177 Å². The van der Waals surface area contributed by atoms with E-state index in [0.29, 0.717) is 0 Å². The van der Waals surface area contributed by atoms with Gasteiger partial charge >= 0.3 is 0 Å². The van der Waals surface area contributed by atoms with E-state index >= 15 is 0 Å². The molecule has 154 valence electrons. The molecule has 0 N–H and O–H groups in total. The highest BCUT2D eigenvalue weighted by Gasteiger charge is 2.39. The summed E-state index contributed by atoms with van der Waals surface area (Å²) in [6.45, 7) is 20.2. The quantitative estimate of drug-likeness (QED) is 0.413. The van der Waals surface area contributed by atoms with Crippen molar-refractivity contribution in [1.29, 1.82) is 0 Å². The minimum Gasteiger partial charge on any atom is -0.542 e. The zero-order valence-electron chi connectivity index (χ0n) is 19.5. The molecule has 3 aromatic rings. The van der Waals surface area contributed by atoms with Crippen LogP contribution in [0.4, 0.5) is 0 Å². The predicted octanol–water partition coefficient (Wildman–Crippen LogP) is 7.89. The van der Waals surface area contributed by atoms with Crippen LogP contribution in [0.5, 0.6) is 5.75 Å². The van der Waals surface area contributed by atoms with Gasteiger partial charge in [-0.2, -0.15) is 0 Å². The first-order chi connectivity index (χ1) is 13.3. The van der Waals surface area contributed by atoms with E-state index in [1.807, 2.05) is 6.92 Å². The van der Waals surface area contributed by atoms with Crippen LogP contribution in [0, 0.1) is 6.92 Å². The summed E-state index contributed by atoms with van der Waals surface area (Å²) in [6, 6.07) is 17.5. The number of benzene rings is 2. The summed E-state index contributed by atoms with van der Waals surface area (Å²) in [5.74, 6) is 0.908. The van der Waals surface area contributed by atoms with Crippen molar-refractivity contribution in [2.75, 3.05) is 0 Å². The Morgan fingerprint density at radius 1 is 0.793 bits per heavy atom. The van der Waals surface area contributed by atoms with Gasteiger partial charge in [0, 0.05) is 11.1 Å². The fourth-order valence-electron chi connectivity index (χ4n) is 3.20. The van der Waals surface area contributed by atoms with Crippen LogP contribution in [0.1, 0.15) is 52.8 Å². The van der Waals surface area contributed by atoms with Crippen LogP contribution in [0.2, 0.25) is 18.1 Å². The van der Waals surface area contributed by atoms with Crippen LogP contribution in [0.15, 0.2) is 48.5 Å². The molecule has 1 heterocycles. The van der Waals surface area contributed by atoms with Gasteiger partial charge < -0.3 is 4.43 Å². The fraction of sp³-hybridized carbons (Fsp3) is 0.423. The van der Waals surface area contributed by atoms with Crippen LogP contribution in [-0.4, -0.2) is 13.3 Å². The number of aryl methyl sites for hydroxylation is 1. The van der Waals surface area contributed by atoms with Crippen molar-refractivity contribution in [3.05, 3.63) is 59.8 Å². The molecular weight excluding hydrogens is 370 g/mol. The molecule has 0 spiro atoms. The van der Waals surface area contributed by atoms with Crippen molar-refractivity contribution in [2.24, 2.45) is 0 Å². The van der Waals surface area contributed by atoms with Crippen molar-refractivity contribution in [3.8, 4) is 16.9 Å². The zero-order chi connectivity index (χ0) is 21.6. The molecule has 0 radical (unpaired) electrons. The Balaban J connectivity index is 2.13. The maximum atomic E-state index is 6.67. The molecule has 3 heteroatoms. The summed E-state index contributed by atoms with van der Waals surface area (Å²) in [6.07, 6.45) is 0. The van der Waals surface area contributed by atoms with Gasteiger partial charge in [0.2, 0.25) is 0 Å². The Morgan fingerprint density at radius 3 is 1.97 bits per heavy atom. The van der Waals surface area contributed by atoms with Crippen LogP contribution >= 0.6 is 0 Å². The molecular formula is C26H35NOSi. The monoisotopic (exact) mass is 405 g/mol. The number of rotatable bonds is 3. The predicted molar refractivity (Wildman–Crippen MR) is 128 cm³/mol. The lowest BCUT2D eigenvalue weighted by Gasteiger charge is -2.36. The minimum atomic E-state index is -1.95. The number of nitrogens with zero attached hydrogens (tertiary/aromatic N) is 1. The Kier molecular flexibility index (Phi) is 5.42. The van der Waals surface area contributed by atoms with E-state index in [4.69, 9.17) is 9.41 Å². The molecule has 0 fully saturated rings. The molecule has 0 bridgehead atoms. The van der Waals surface area contributed by atoms with Gasteiger partial charge in [-0.05, 0) is 65.4 Å². The number of aromatic nitrogens is 1. The third-order valence-electron chi connectivity index (χ3n) is 6.19. The van der Waals surface area contributed by atoms with E-state index in [2.05, 4.69) is 103 Å². The largest absolute Gasteiger partial charge is 0.542 e. The molecule has 0 aliphatic heterocycles. The van der Waals surface area contributed by atoms with Crippen molar-refractivity contribution in [1.82, 2.24) is 4.98 Å². The summed E-state index contributed by atoms with van der Waals surface area (Å²) in [5.41, 5.74) is 5.89.